The number of primary amides is 1. The van der Waals surface area contributed by atoms with E-state index in [0.717, 1.165) is 0 Å². The minimum atomic E-state index is -0.911. The molecule has 28 heavy (non-hydrogen) atoms. The number of nitrogens with two attached hydrogens (primary N) is 4. The number of carbonyl (C=O) groups excluding carboxylic acids is 3. The zero-order chi connectivity index (χ0) is 21.7. The molecule has 0 aromatic heterocycles. The van der Waals surface area contributed by atoms with Crippen molar-refractivity contribution in [2.45, 2.75) is 50.7 Å². The summed E-state index contributed by atoms with van der Waals surface area (Å²) >= 11 is 0. The van der Waals surface area contributed by atoms with Crippen molar-refractivity contribution in [3.63, 3.8) is 0 Å². The van der Waals surface area contributed by atoms with Crippen molar-refractivity contribution in [3.05, 3.63) is 0 Å². The molecule has 0 aromatic carbocycles. The van der Waals surface area contributed by atoms with E-state index < -0.39 is 35.8 Å². The zero-order valence-electron chi connectivity index (χ0n) is 16.0. The summed E-state index contributed by atoms with van der Waals surface area (Å²) in [6.07, 6.45) is 1.57. The quantitative estimate of drug-likeness (QED) is 0.0834. The van der Waals surface area contributed by atoms with Crippen molar-refractivity contribution >= 4 is 29.6 Å². The predicted octanol–water partition coefficient (Wildman–Crippen LogP) is -3.68. The van der Waals surface area contributed by atoms with Crippen LogP contribution in [-0.2, 0) is 14.4 Å². The highest BCUT2D eigenvalue weighted by Crippen LogP contribution is 1.99. The normalized spacial score (nSPS) is 13.5. The second-order valence-electron chi connectivity index (χ2n) is 6.27. The van der Waals surface area contributed by atoms with Crippen LogP contribution in [0.5, 0.6) is 0 Å². The van der Waals surface area contributed by atoms with Crippen LogP contribution in [0.2, 0.25) is 0 Å². The summed E-state index contributed by atoms with van der Waals surface area (Å²) in [4.78, 5) is 35.7. The summed E-state index contributed by atoms with van der Waals surface area (Å²) in [6, 6.07) is -2.65. The van der Waals surface area contributed by atoms with Gasteiger partial charge in [0.25, 0.3) is 0 Å². The molecule has 0 bridgehead atoms. The van der Waals surface area contributed by atoms with Crippen molar-refractivity contribution in [2.75, 3.05) is 13.1 Å². The van der Waals surface area contributed by atoms with Crippen LogP contribution >= 0.6 is 0 Å². The Hall–Kier alpha value is -3.09. The average Bonchev–Trinajstić information content (AvgIpc) is 2.59. The van der Waals surface area contributed by atoms with Crippen LogP contribution in [0.15, 0.2) is 0 Å². The topological polar surface area (TPSA) is 251 Å². The first-order valence-corrected chi connectivity index (χ1v) is 8.86. The van der Waals surface area contributed by atoms with Gasteiger partial charge in [0.1, 0.15) is 12.1 Å². The van der Waals surface area contributed by atoms with E-state index in [-0.39, 0.29) is 18.3 Å². The van der Waals surface area contributed by atoms with Gasteiger partial charge in [-0.2, -0.15) is 0 Å². The molecule has 0 aliphatic carbocycles. The number of guanidine groups is 2. The Labute approximate surface area is 163 Å². The number of carbonyl (C=O) groups is 3. The van der Waals surface area contributed by atoms with Gasteiger partial charge in [-0.3, -0.25) is 25.2 Å². The molecule has 0 rings (SSSR count). The third-order valence-electron chi connectivity index (χ3n) is 3.74. The highest BCUT2D eigenvalue weighted by molar-refractivity contribution is 5.92. The molecule has 3 unspecified atom stereocenters. The third kappa shape index (κ3) is 11.5. The summed E-state index contributed by atoms with van der Waals surface area (Å²) in [6.45, 7) is 2.23. The van der Waals surface area contributed by atoms with Crippen LogP contribution in [0.1, 0.15) is 32.6 Å². The molecule has 0 radical (unpaired) electrons. The van der Waals surface area contributed by atoms with Crippen LogP contribution in [-0.4, -0.2) is 60.9 Å². The molecular weight excluding hydrogens is 368 g/mol. The molecular formula is C15H32N10O3. The highest BCUT2D eigenvalue weighted by Gasteiger charge is 2.24. The van der Waals surface area contributed by atoms with E-state index in [9.17, 15) is 14.4 Å². The Kier molecular flexibility index (Phi) is 11.7. The van der Waals surface area contributed by atoms with E-state index in [0.29, 0.717) is 32.4 Å². The van der Waals surface area contributed by atoms with Crippen molar-refractivity contribution in [1.82, 2.24) is 21.3 Å². The van der Waals surface area contributed by atoms with Gasteiger partial charge < -0.3 is 44.2 Å². The molecule has 3 atom stereocenters. The molecule has 0 aromatic rings. The number of nitrogens with one attached hydrogen (secondary N) is 6. The fourth-order valence-electron chi connectivity index (χ4n) is 2.17. The second kappa shape index (κ2) is 13.1. The lowest BCUT2D eigenvalue weighted by Crippen LogP contribution is -2.54. The van der Waals surface area contributed by atoms with Crippen LogP contribution < -0.4 is 44.2 Å². The van der Waals surface area contributed by atoms with Crippen LogP contribution in [0.4, 0.5) is 0 Å². The molecule has 0 aliphatic heterocycles. The average molecular weight is 400 g/mol. The number of rotatable bonds is 13. The highest BCUT2D eigenvalue weighted by atomic mass is 16.2. The summed E-state index contributed by atoms with van der Waals surface area (Å²) in [5, 5.41) is 24.2. The fraction of sp³-hybridized carbons (Fsp3) is 0.667. The molecule has 3 amide bonds. The van der Waals surface area contributed by atoms with Gasteiger partial charge >= 0.3 is 0 Å². The molecule has 13 heteroatoms. The SMILES string of the molecule is CC(NC(=O)C(N)CCCNC(=N)N)C(=O)NC(CCCNC(=N)N)C(N)=O. The van der Waals surface area contributed by atoms with E-state index in [1.165, 1.54) is 6.92 Å². The van der Waals surface area contributed by atoms with Crippen LogP contribution in [0, 0.1) is 10.8 Å². The Balaban J connectivity index is 4.37. The maximum absolute atomic E-state index is 12.2. The first-order valence-electron chi connectivity index (χ1n) is 8.86. The molecule has 13 nitrogen and oxygen atoms in total. The molecule has 14 N–H and O–H groups in total. The summed E-state index contributed by atoms with van der Waals surface area (Å²) in [7, 11) is 0. The van der Waals surface area contributed by atoms with Crippen LogP contribution in [0.25, 0.3) is 0 Å². The van der Waals surface area contributed by atoms with E-state index >= 15 is 0 Å². The summed E-state index contributed by atoms with van der Waals surface area (Å²) in [5.41, 5.74) is 21.4. The van der Waals surface area contributed by atoms with E-state index in [1.54, 1.807) is 0 Å². The maximum Gasteiger partial charge on any atom is 0.242 e. The first-order chi connectivity index (χ1) is 13.0. The Morgan fingerprint density at radius 1 is 0.857 bits per heavy atom. The fourth-order valence-corrected chi connectivity index (χ4v) is 2.17. The van der Waals surface area contributed by atoms with Crippen molar-refractivity contribution in [3.8, 4) is 0 Å². The summed E-state index contributed by atoms with van der Waals surface area (Å²) in [5.74, 6) is -2.13. The smallest absolute Gasteiger partial charge is 0.242 e. The van der Waals surface area contributed by atoms with Gasteiger partial charge in [-0.1, -0.05) is 0 Å². The molecule has 0 fully saturated rings. The number of hydrogen-bond donors (Lipinski definition) is 10. The lowest BCUT2D eigenvalue weighted by Gasteiger charge is -2.21. The summed E-state index contributed by atoms with van der Waals surface area (Å²) < 4.78 is 0. The van der Waals surface area contributed by atoms with Gasteiger partial charge in [0.2, 0.25) is 17.7 Å². The predicted molar refractivity (Wildman–Crippen MR) is 105 cm³/mol. The Morgan fingerprint density at radius 2 is 1.36 bits per heavy atom. The van der Waals surface area contributed by atoms with Gasteiger partial charge in [-0.25, -0.2) is 0 Å². The largest absolute Gasteiger partial charge is 0.370 e. The lowest BCUT2D eigenvalue weighted by atomic mass is 10.1. The van der Waals surface area contributed by atoms with E-state index in [1.807, 2.05) is 0 Å². The third-order valence-corrected chi connectivity index (χ3v) is 3.74. The maximum atomic E-state index is 12.2. The molecule has 160 valence electrons. The van der Waals surface area contributed by atoms with Crippen LogP contribution in [0.3, 0.4) is 0 Å². The minimum absolute atomic E-state index is 0.163. The molecule has 0 aliphatic rings. The Morgan fingerprint density at radius 3 is 1.82 bits per heavy atom. The second-order valence-corrected chi connectivity index (χ2v) is 6.27. The van der Waals surface area contributed by atoms with Gasteiger partial charge in [0.15, 0.2) is 11.9 Å². The number of amides is 3. The van der Waals surface area contributed by atoms with Gasteiger partial charge in [-0.15, -0.1) is 0 Å². The first kappa shape index (κ1) is 24.9. The van der Waals surface area contributed by atoms with E-state index in [4.69, 9.17) is 33.8 Å². The van der Waals surface area contributed by atoms with Gasteiger partial charge in [0, 0.05) is 13.1 Å². The molecule has 0 spiro atoms. The zero-order valence-corrected chi connectivity index (χ0v) is 16.0. The Bertz CT molecular complexity index is 568. The van der Waals surface area contributed by atoms with Crippen molar-refractivity contribution in [1.29, 1.82) is 10.8 Å². The van der Waals surface area contributed by atoms with Crippen molar-refractivity contribution in [2.24, 2.45) is 22.9 Å². The van der Waals surface area contributed by atoms with Gasteiger partial charge in [-0.05, 0) is 32.6 Å². The standard InChI is InChI=1S/C15H32N10O3/c1-8(24-13(28)9(16)4-2-6-22-14(18)19)12(27)25-10(11(17)26)5-3-7-23-15(20)21/h8-10H,2-7,16H2,1H3,(H2,17,26)(H,24,28)(H,25,27)(H4,18,19,22)(H4,20,21,23). The number of hydrogen-bond acceptors (Lipinski definition) is 6. The lowest BCUT2D eigenvalue weighted by molar-refractivity contribution is -0.131. The molecule has 0 heterocycles. The monoisotopic (exact) mass is 400 g/mol. The molecule has 0 saturated heterocycles. The van der Waals surface area contributed by atoms with E-state index in [2.05, 4.69) is 21.3 Å². The van der Waals surface area contributed by atoms with Gasteiger partial charge in [0.05, 0.1) is 6.04 Å². The van der Waals surface area contributed by atoms with Crippen molar-refractivity contribution < 1.29 is 14.4 Å². The minimum Gasteiger partial charge on any atom is -0.370 e. The molecule has 0 saturated carbocycles.